The standard InChI is InChI=1S/C17H27NO3/c1-4-7-10-18(5-2)15-12-21-16-9-8-13(20-6-3)11-14(16)17(15)19/h8-9,11,15,17,19H,4-7,10,12H2,1-3H3. The second-order valence-corrected chi connectivity index (χ2v) is 5.44. The molecule has 1 N–H and O–H groups in total. The second kappa shape index (κ2) is 7.66. The highest BCUT2D eigenvalue weighted by molar-refractivity contribution is 5.43. The molecule has 1 aliphatic rings. The van der Waals surface area contributed by atoms with Crippen LogP contribution in [0.4, 0.5) is 0 Å². The maximum Gasteiger partial charge on any atom is 0.125 e. The lowest BCUT2D eigenvalue weighted by molar-refractivity contribution is 0.00485. The van der Waals surface area contributed by atoms with Gasteiger partial charge in [-0.05, 0) is 44.6 Å². The molecule has 1 aromatic carbocycles. The molecule has 21 heavy (non-hydrogen) atoms. The fourth-order valence-corrected chi connectivity index (χ4v) is 2.84. The summed E-state index contributed by atoms with van der Waals surface area (Å²) in [4.78, 5) is 2.31. The quantitative estimate of drug-likeness (QED) is 0.839. The Morgan fingerprint density at radius 3 is 2.81 bits per heavy atom. The lowest BCUT2D eigenvalue weighted by Gasteiger charge is -2.38. The maximum absolute atomic E-state index is 10.7. The van der Waals surface area contributed by atoms with Crippen molar-refractivity contribution in [2.24, 2.45) is 0 Å². The van der Waals surface area contributed by atoms with Crippen LogP contribution in [0.2, 0.25) is 0 Å². The van der Waals surface area contributed by atoms with Crippen molar-refractivity contribution in [1.29, 1.82) is 0 Å². The Balaban J connectivity index is 2.17. The molecular formula is C17H27NO3. The zero-order valence-corrected chi connectivity index (χ0v) is 13.3. The van der Waals surface area contributed by atoms with Crippen LogP contribution in [0, 0.1) is 0 Å². The third-order valence-electron chi connectivity index (χ3n) is 4.06. The number of benzene rings is 1. The van der Waals surface area contributed by atoms with E-state index in [2.05, 4.69) is 18.7 Å². The summed E-state index contributed by atoms with van der Waals surface area (Å²) in [6.07, 6.45) is 1.78. The maximum atomic E-state index is 10.7. The van der Waals surface area contributed by atoms with E-state index in [-0.39, 0.29) is 6.04 Å². The number of hydrogen-bond donors (Lipinski definition) is 1. The minimum atomic E-state index is -0.522. The van der Waals surface area contributed by atoms with Gasteiger partial charge >= 0.3 is 0 Å². The topological polar surface area (TPSA) is 41.9 Å². The van der Waals surface area contributed by atoms with E-state index in [0.717, 1.165) is 43.0 Å². The summed E-state index contributed by atoms with van der Waals surface area (Å²) in [6.45, 7) is 9.36. The molecule has 0 spiro atoms. The van der Waals surface area contributed by atoms with E-state index in [1.165, 1.54) is 0 Å². The number of hydrogen-bond acceptors (Lipinski definition) is 4. The molecule has 1 heterocycles. The van der Waals surface area contributed by atoms with E-state index in [0.29, 0.717) is 13.2 Å². The van der Waals surface area contributed by atoms with Crippen LogP contribution >= 0.6 is 0 Å². The van der Waals surface area contributed by atoms with Crippen molar-refractivity contribution >= 4 is 0 Å². The molecule has 0 aromatic heterocycles. The highest BCUT2D eigenvalue weighted by Crippen LogP contribution is 2.36. The van der Waals surface area contributed by atoms with Crippen LogP contribution in [-0.4, -0.2) is 42.4 Å². The van der Waals surface area contributed by atoms with Gasteiger partial charge in [-0.3, -0.25) is 4.90 Å². The Labute approximate surface area is 127 Å². The summed E-state index contributed by atoms with van der Waals surface area (Å²) in [6, 6.07) is 5.71. The number of nitrogens with zero attached hydrogens (tertiary/aromatic N) is 1. The summed E-state index contributed by atoms with van der Waals surface area (Å²) in [5, 5.41) is 10.7. The van der Waals surface area contributed by atoms with E-state index in [1.807, 2.05) is 25.1 Å². The van der Waals surface area contributed by atoms with Crippen LogP contribution in [0.1, 0.15) is 45.3 Å². The molecule has 1 aliphatic heterocycles. The van der Waals surface area contributed by atoms with Gasteiger partial charge in [-0.25, -0.2) is 0 Å². The minimum absolute atomic E-state index is 0.0194. The van der Waals surface area contributed by atoms with Crippen LogP contribution in [0.3, 0.4) is 0 Å². The van der Waals surface area contributed by atoms with Crippen LogP contribution in [0.15, 0.2) is 18.2 Å². The Morgan fingerprint density at radius 2 is 2.14 bits per heavy atom. The predicted octanol–water partition coefficient (Wildman–Crippen LogP) is 3.00. The number of rotatable bonds is 7. The summed E-state index contributed by atoms with van der Waals surface area (Å²) in [5.41, 5.74) is 0.840. The second-order valence-electron chi connectivity index (χ2n) is 5.44. The monoisotopic (exact) mass is 293 g/mol. The highest BCUT2D eigenvalue weighted by atomic mass is 16.5. The first-order chi connectivity index (χ1) is 10.2. The van der Waals surface area contributed by atoms with Gasteiger partial charge in [0.05, 0.1) is 12.6 Å². The average Bonchev–Trinajstić information content (AvgIpc) is 2.50. The first-order valence-electron chi connectivity index (χ1n) is 8.02. The Morgan fingerprint density at radius 1 is 1.33 bits per heavy atom. The van der Waals surface area contributed by atoms with Gasteiger partial charge in [0.2, 0.25) is 0 Å². The lowest BCUT2D eigenvalue weighted by atomic mass is 9.97. The zero-order valence-electron chi connectivity index (χ0n) is 13.3. The average molecular weight is 293 g/mol. The van der Waals surface area contributed by atoms with Crippen molar-refractivity contribution in [2.75, 3.05) is 26.3 Å². The lowest BCUT2D eigenvalue weighted by Crippen LogP contribution is -2.46. The first kappa shape index (κ1) is 16.1. The van der Waals surface area contributed by atoms with Gasteiger partial charge < -0.3 is 14.6 Å². The fourth-order valence-electron chi connectivity index (χ4n) is 2.84. The molecule has 0 radical (unpaired) electrons. The number of fused-ring (bicyclic) bond motifs is 1. The number of aliphatic hydroxyl groups is 1. The summed E-state index contributed by atoms with van der Waals surface area (Å²) in [5.74, 6) is 1.56. The third-order valence-corrected chi connectivity index (χ3v) is 4.06. The molecular weight excluding hydrogens is 266 g/mol. The van der Waals surface area contributed by atoms with Crippen molar-refractivity contribution in [3.05, 3.63) is 23.8 Å². The van der Waals surface area contributed by atoms with Crippen molar-refractivity contribution < 1.29 is 14.6 Å². The van der Waals surface area contributed by atoms with Gasteiger partial charge in [0, 0.05) is 5.56 Å². The predicted molar refractivity (Wildman–Crippen MR) is 84.0 cm³/mol. The zero-order chi connectivity index (χ0) is 15.2. The van der Waals surface area contributed by atoms with Gasteiger partial charge in [0.1, 0.15) is 24.2 Å². The molecule has 2 atom stereocenters. The van der Waals surface area contributed by atoms with Gasteiger partial charge in [-0.15, -0.1) is 0 Å². The SMILES string of the molecule is CCCCN(CC)C1COc2ccc(OCC)cc2C1O. The summed E-state index contributed by atoms with van der Waals surface area (Å²) in [7, 11) is 0. The molecule has 2 unspecified atom stereocenters. The van der Waals surface area contributed by atoms with E-state index in [4.69, 9.17) is 9.47 Å². The number of aliphatic hydroxyl groups excluding tert-OH is 1. The van der Waals surface area contributed by atoms with E-state index >= 15 is 0 Å². The highest BCUT2D eigenvalue weighted by Gasteiger charge is 2.33. The molecule has 118 valence electrons. The van der Waals surface area contributed by atoms with Crippen LogP contribution in [0.25, 0.3) is 0 Å². The minimum Gasteiger partial charge on any atom is -0.494 e. The molecule has 0 saturated carbocycles. The Hall–Kier alpha value is -1.26. The molecule has 1 aromatic rings. The molecule has 0 aliphatic carbocycles. The Bertz CT molecular complexity index is 450. The van der Waals surface area contributed by atoms with Crippen molar-refractivity contribution in [1.82, 2.24) is 4.90 Å². The molecule has 4 nitrogen and oxygen atoms in total. The van der Waals surface area contributed by atoms with Crippen molar-refractivity contribution in [3.8, 4) is 11.5 Å². The largest absolute Gasteiger partial charge is 0.494 e. The first-order valence-corrected chi connectivity index (χ1v) is 8.02. The van der Waals surface area contributed by atoms with E-state index < -0.39 is 6.10 Å². The van der Waals surface area contributed by atoms with E-state index in [1.54, 1.807) is 0 Å². The molecule has 0 amide bonds. The number of unbranched alkanes of at least 4 members (excludes halogenated alkanes) is 1. The number of ether oxygens (including phenoxy) is 2. The molecule has 0 fully saturated rings. The van der Waals surface area contributed by atoms with Crippen LogP contribution in [0.5, 0.6) is 11.5 Å². The van der Waals surface area contributed by atoms with E-state index in [9.17, 15) is 5.11 Å². The number of likely N-dealkylation sites (N-methyl/N-ethyl adjacent to an activating group) is 1. The third kappa shape index (κ3) is 3.69. The van der Waals surface area contributed by atoms with Crippen molar-refractivity contribution in [2.45, 2.75) is 45.8 Å². The molecule has 4 heteroatoms. The summed E-state index contributed by atoms with van der Waals surface area (Å²) < 4.78 is 11.4. The van der Waals surface area contributed by atoms with Gasteiger partial charge in [-0.2, -0.15) is 0 Å². The molecule has 2 rings (SSSR count). The molecule has 0 saturated heterocycles. The normalized spacial score (nSPS) is 21.0. The van der Waals surface area contributed by atoms with Gasteiger partial charge in [0.15, 0.2) is 0 Å². The summed E-state index contributed by atoms with van der Waals surface area (Å²) >= 11 is 0. The Kier molecular flexibility index (Phi) is 5.88. The van der Waals surface area contributed by atoms with Gasteiger partial charge in [0.25, 0.3) is 0 Å². The van der Waals surface area contributed by atoms with Gasteiger partial charge in [-0.1, -0.05) is 20.3 Å². The molecule has 0 bridgehead atoms. The van der Waals surface area contributed by atoms with Crippen LogP contribution in [-0.2, 0) is 0 Å². The fraction of sp³-hybridized carbons (Fsp3) is 0.647. The van der Waals surface area contributed by atoms with Crippen LogP contribution < -0.4 is 9.47 Å². The van der Waals surface area contributed by atoms with Crippen molar-refractivity contribution in [3.63, 3.8) is 0 Å². The smallest absolute Gasteiger partial charge is 0.125 e.